The average molecular weight is 506 g/mol. The molecule has 1 amide bonds. The Balaban J connectivity index is 1.96. The van der Waals surface area contributed by atoms with Crippen LogP contribution in [0.2, 0.25) is 0 Å². The lowest BCUT2D eigenvalue weighted by Gasteiger charge is -2.25. The van der Waals surface area contributed by atoms with Gasteiger partial charge in [0, 0.05) is 23.3 Å². The second-order valence-corrected chi connectivity index (χ2v) is 12.8. The summed E-state index contributed by atoms with van der Waals surface area (Å²) in [5.41, 5.74) is 3.74. The molecule has 3 rings (SSSR count). The topological polar surface area (TPSA) is 110 Å². The first-order valence-electron chi connectivity index (χ1n) is 11.2. The lowest BCUT2D eigenvalue weighted by molar-refractivity contribution is -0.141. The van der Waals surface area contributed by atoms with Crippen LogP contribution in [0.5, 0.6) is 0 Å². The number of benzene rings is 2. The second kappa shape index (κ2) is 10.1. The van der Waals surface area contributed by atoms with Crippen LogP contribution in [0.15, 0.2) is 41.3 Å². The van der Waals surface area contributed by atoms with Gasteiger partial charge in [-0.3, -0.25) is 14.1 Å². The fourth-order valence-electron chi connectivity index (χ4n) is 4.11. The lowest BCUT2D eigenvalue weighted by Crippen LogP contribution is -2.29. The van der Waals surface area contributed by atoms with Gasteiger partial charge in [-0.1, -0.05) is 46.2 Å². The Morgan fingerprint density at radius 3 is 2.29 bits per heavy atom. The predicted octanol–water partition coefficient (Wildman–Crippen LogP) is 5.25. The number of thioether (sulfide) groups is 1. The van der Waals surface area contributed by atoms with Crippen LogP contribution in [0, 0.1) is 0 Å². The zero-order valence-corrected chi connectivity index (χ0v) is 21.7. The van der Waals surface area contributed by atoms with Gasteiger partial charge in [0.1, 0.15) is 6.61 Å². The number of nitrogens with one attached hydrogen (secondary N) is 1. The number of amides is 1. The number of anilines is 1. The summed E-state index contributed by atoms with van der Waals surface area (Å²) in [5, 5.41) is 2.83. The van der Waals surface area contributed by atoms with Crippen LogP contribution >= 0.6 is 11.8 Å². The van der Waals surface area contributed by atoms with Gasteiger partial charge in [0.15, 0.2) is 0 Å². The molecule has 0 aliphatic heterocycles. The van der Waals surface area contributed by atoms with E-state index in [4.69, 9.17) is 4.74 Å². The number of esters is 1. The zero-order chi connectivity index (χ0) is 25.3. The second-order valence-electron chi connectivity index (χ2n) is 9.38. The first-order valence-corrected chi connectivity index (χ1v) is 13.5. The summed E-state index contributed by atoms with van der Waals surface area (Å²) >= 11 is 1.63. The summed E-state index contributed by atoms with van der Waals surface area (Å²) in [6, 6.07) is 9.93. The van der Waals surface area contributed by atoms with Crippen LogP contribution in [-0.2, 0) is 24.4 Å². The van der Waals surface area contributed by atoms with Gasteiger partial charge in [-0.15, -0.1) is 11.8 Å². The van der Waals surface area contributed by atoms with E-state index in [1.807, 2.05) is 18.2 Å². The first kappa shape index (κ1) is 26.2. The fourth-order valence-corrected chi connectivity index (χ4v) is 6.00. The van der Waals surface area contributed by atoms with Crippen LogP contribution in [-0.4, -0.2) is 41.5 Å². The van der Waals surface area contributed by atoms with E-state index in [2.05, 4.69) is 33.0 Å². The largest absolute Gasteiger partial charge is 0.465 e. The Kier molecular flexibility index (Phi) is 7.79. The molecule has 0 radical (unpaired) electrons. The number of carbonyl (C=O) groups excluding carboxylic acids is 2. The van der Waals surface area contributed by atoms with Crippen LogP contribution in [0.3, 0.4) is 0 Å². The van der Waals surface area contributed by atoms with Crippen molar-refractivity contribution in [3.63, 3.8) is 0 Å². The Bertz CT molecular complexity index is 1200. The van der Waals surface area contributed by atoms with E-state index in [0.717, 1.165) is 29.5 Å². The molecule has 0 spiro atoms. The first-order chi connectivity index (χ1) is 15.8. The SMILES string of the molecule is CCCC(SC(C)(C)C)C(=O)Nc1ccc2c(c1)C(COC(C)=O)c1cc(S(=O)(=O)O)ccc1-2. The van der Waals surface area contributed by atoms with Crippen molar-refractivity contribution in [1.82, 2.24) is 0 Å². The molecule has 2 aromatic rings. The van der Waals surface area contributed by atoms with E-state index in [-0.39, 0.29) is 27.4 Å². The van der Waals surface area contributed by atoms with Crippen molar-refractivity contribution in [2.24, 2.45) is 0 Å². The van der Waals surface area contributed by atoms with Crippen LogP contribution in [0.1, 0.15) is 64.5 Å². The van der Waals surface area contributed by atoms with Crippen LogP contribution in [0.25, 0.3) is 11.1 Å². The Hall–Kier alpha value is -2.36. The maximum Gasteiger partial charge on any atom is 0.302 e. The number of ether oxygens (including phenoxy) is 1. The number of rotatable bonds is 8. The van der Waals surface area contributed by atoms with Crippen molar-refractivity contribution in [2.45, 2.75) is 68.3 Å². The van der Waals surface area contributed by atoms with E-state index >= 15 is 0 Å². The molecule has 2 aromatic carbocycles. The molecule has 184 valence electrons. The highest BCUT2D eigenvalue weighted by Crippen LogP contribution is 2.46. The van der Waals surface area contributed by atoms with Crippen LogP contribution in [0.4, 0.5) is 5.69 Å². The standard InChI is InChI=1S/C25H31NO6S2/c1-6-7-23(33-25(3,4)5)24(28)26-16-8-10-18-19-11-9-17(34(29,30)31)13-21(19)22(20(18)12-16)14-32-15(2)27/h8-13,22-23H,6-7,14H2,1-5H3,(H,26,28)(H,29,30,31). The number of carbonyl (C=O) groups is 2. The quantitative estimate of drug-likeness (QED) is 0.372. The molecule has 7 nitrogen and oxygen atoms in total. The molecular weight excluding hydrogens is 474 g/mol. The van der Waals surface area contributed by atoms with Gasteiger partial charge in [0.25, 0.3) is 10.1 Å². The van der Waals surface area contributed by atoms with E-state index in [9.17, 15) is 22.6 Å². The van der Waals surface area contributed by atoms with Crippen molar-refractivity contribution in [3.05, 3.63) is 47.5 Å². The molecule has 1 aliphatic rings. The van der Waals surface area contributed by atoms with Crippen molar-refractivity contribution in [3.8, 4) is 11.1 Å². The predicted molar refractivity (Wildman–Crippen MR) is 135 cm³/mol. The minimum absolute atomic E-state index is 0.0139. The molecular formula is C25H31NO6S2. The molecule has 2 atom stereocenters. The van der Waals surface area contributed by atoms with E-state index in [0.29, 0.717) is 11.3 Å². The zero-order valence-electron chi connectivity index (χ0n) is 20.0. The summed E-state index contributed by atoms with van der Waals surface area (Å²) in [4.78, 5) is 24.3. The molecule has 0 saturated carbocycles. The molecule has 1 aliphatic carbocycles. The summed E-state index contributed by atoms with van der Waals surface area (Å²) in [6.07, 6.45) is 1.65. The van der Waals surface area contributed by atoms with Gasteiger partial charge >= 0.3 is 5.97 Å². The fraction of sp³-hybridized carbons (Fsp3) is 0.440. The molecule has 0 fully saturated rings. The smallest absolute Gasteiger partial charge is 0.302 e. The number of hydrogen-bond donors (Lipinski definition) is 2. The minimum atomic E-state index is -4.39. The van der Waals surface area contributed by atoms with Crippen molar-refractivity contribution in [2.75, 3.05) is 11.9 Å². The van der Waals surface area contributed by atoms with Gasteiger partial charge in [-0.2, -0.15) is 8.42 Å². The van der Waals surface area contributed by atoms with E-state index in [1.54, 1.807) is 17.8 Å². The van der Waals surface area contributed by atoms with E-state index < -0.39 is 22.0 Å². The Labute approximate surface area is 205 Å². The van der Waals surface area contributed by atoms with Gasteiger partial charge < -0.3 is 10.1 Å². The third kappa shape index (κ3) is 6.20. The molecule has 0 saturated heterocycles. The number of hydrogen-bond acceptors (Lipinski definition) is 6. The maximum absolute atomic E-state index is 13.1. The molecule has 0 heterocycles. The summed E-state index contributed by atoms with van der Waals surface area (Å²) in [7, 11) is -4.39. The number of fused-ring (bicyclic) bond motifs is 3. The Morgan fingerprint density at radius 1 is 1.12 bits per heavy atom. The molecule has 0 bridgehead atoms. The Morgan fingerprint density at radius 2 is 1.74 bits per heavy atom. The highest BCUT2D eigenvalue weighted by atomic mass is 32.2. The summed E-state index contributed by atoms with van der Waals surface area (Å²) in [6.45, 7) is 9.63. The lowest BCUT2D eigenvalue weighted by atomic mass is 9.97. The molecule has 9 heteroatoms. The highest BCUT2D eigenvalue weighted by Gasteiger charge is 2.32. The summed E-state index contributed by atoms with van der Waals surface area (Å²) in [5.74, 6) is -0.947. The van der Waals surface area contributed by atoms with Crippen molar-refractivity contribution < 1.29 is 27.3 Å². The van der Waals surface area contributed by atoms with Gasteiger partial charge in [0.05, 0.1) is 10.1 Å². The molecule has 0 aromatic heterocycles. The highest BCUT2D eigenvalue weighted by molar-refractivity contribution is 8.01. The van der Waals surface area contributed by atoms with E-state index in [1.165, 1.54) is 19.1 Å². The third-order valence-electron chi connectivity index (χ3n) is 5.47. The summed E-state index contributed by atoms with van der Waals surface area (Å²) < 4.78 is 38.1. The monoisotopic (exact) mass is 505 g/mol. The van der Waals surface area contributed by atoms with Gasteiger partial charge in [-0.25, -0.2) is 0 Å². The minimum Gasteiger partial charge on any atom is -0.465 e. The third-order valence-corrected chi connectivity index (χ3v) is 7.76. The normalized spacial score (nSPS) is 15.9. The van der Waals surface area contributed by atoms with Crippen molar-refractivity contribution in [1.29, 1.82) is 0 Å². The maximum atomic E-state index is 13.1. The van der Waals surface area contributed by atoms with Gasteiger partial charge in [-0.05, 0) is 52.9 Å². The molecule has 2 unspecified atom stereocenters. The van der Waals surface area contributed by atoms with Crippen molar-refractivity contribution >= 4 is 39.4 Å². The van der Waals surface area contributed by atoms with Crippen LogP contribution < -0.4 is 5.32 Å². The van der Waals surface area contributed by atoms with Gasteiger partial charge in [0.2, 0.25) is 5.91 Å². The average Bonchev–Trinajstić information content (AvgIpc) is 3.02. The molecule has 2 N–H and O–H groups in total. The molecule has 34 heavy (non-hydrogen) atoms.